The number of thioether (sulfide) groups is 1. The molecule has 5 nitrogen and oxygen atoms in total. The van der Waals surface area contributed by atoms with Gasteiger partial charge in [-0.25, -0.2) is 18.1 Å². The van der Waals surface area contributed by atoms with Gasteiger partial charge in [0, 0.05) is 30.6 Å². The second kappa shape index (κ2) is 7.58. The number of rotatable bonds is 7. The van der Waals surface area contributed by atoms with Crippen LogP contribution in [0.1, 0.15) is 32.3 Å². The highest BCUT2D eigenvalue weighted by atomic mass is 32.2. The van der Waals surface area contributed by atoms with Gasteiger partial charge < -0.3 is 5.32 Å². The molecule has 1 aliphatic heterocycles. The molecule has 1 atom stereocenters. The molecule has 0 aromatic carbocycles. The molecule has 0 radical (unpaired) electrons. The standard InChI is InChI=1S/C14H23N3O2S2/c1-11(2)15-8-12-5-6-14(16-9-12)21(18,19)17-10-13-4-3-7-20-13/h5-6,9,11,13,15,17H,3-4,7-8,10H2,1-2H3. The van der Waals surface area contributed by atoms with E-state index in [4.69, 9.17) is 0 Å². The van der Waals surface area contributed by atoms with Crippen molar-refractivity contribution in [1.82, 2.24) is 15.0 Å². The smallest absolute Gasteiger partial charge is 0.258 e. The Labute approximate surface area is 131 Å². The zero-order valence-corrected chi connectivity index (χ0v) is 14.1. The van der Waals surface area contributed by atoms with Gasteiger partial charge in [-0.1, -0.05) is 19.9 Å². The maximum Gasteiger partial charge on any atom is 0.258 e. The van der Waals surface area contributed by atoms with Gasteiger partial charge in [0.25, 0.3) is 10.0 Å². The van der Waals surface area contributed by atoms with Crippen LogP contribution in [-0.4, -0.2) is 37.0 Å². The predicted molar refractivity (Wildman–Crippen MR) is 86.9 cm³/mol. The Kier molecular flexibility index (Phi) is 6.04. The van der Waals surface area contributed by atoms with E-state index < -0.39 is 10.0 Å². The minimum Gasteiger partial charge on any atom is -0.310 e. The summed E-state index contributed by atoms with van der Waals surface area (Å²) in [5, 5.41) is 3.77. The summed E-state index contributed by atoms with van der Waals surface area (Å²) in [6.45, 7) is 5.32. The van der Waals surface area contributed by atoms with Gasteiger partial charge >= 0.3 is 0 Å². The van der Waals surface area contributed by atoms with Gasteiger partial charge in [0.2, 0.25) is 0 Å². The summed E-state index contributed by atoms with van der Waals surface area (Å²) < 4.78 is 27.0. The molecule has 1 fully saturated rings. The van der Waals surface area contributed by atoms with E-state index in [0.717, 1.165) is 17.7 Å². The average Bonchev–Trinajstić information content (AvgIpc) is 2.97. The van der Waals surface area contributed by atoms with Gasteiger partial charge in [-0.3, -0.25) is 0 Å². The zero-order chi connectivity index (χ0) is 15.3. The lowest BCUT2D eigenvalue weighted by molar-refractivity contribution is 0.573. The van der Waals surface area contributed by atoms with E-state index in [1.165, 1.54) is 6.42 Å². The van der Waals surface area contributed by atoms with E-state index in [1.54, 1.807) is 18.3 Å². The number of sulfonamides is 1. The fraction of sp³-hybridized carbons (Fsp3) is 0.643. The van der Waals surface area contributed by atoms with Crippen LogP contribution < -0.4 is 10.0 Å². The third-order valence-corrected chi connectivity index (χ3v) is 6.05. The third kappa shape index (κ3) is 5.25. The Morgan fingerprint density at radius 3 is 2.81 bits per heavy atom. The maximum absolute atomic E-state index is 12.2. The summed E-state index contributed by atoms with van der Waals surface area (Å²) in [6, 6.07) is 3.77. The van der Waals surface area contributed by atoms with Crippen LogP contribution in [0.3, 0.4) is 0 Å². The molecule has 2 heterocycles. The third-order valence-electron chi connectivity index (χ3n) is 3.31. The van der Waals surface area contributed by atoms with E-state index in [9.17, 15) is 8.42 Å². The molecule has 1 aliphatic rings. The van der Waals surface area contributed by atoms with Crippen molar-refractivity contribution in [2.75, 3.05) is 12.3 Å². The highest BCUT2D eigenvalue weighted by Crippen LogP contribution is 2.25. The Morgan fingerprint density at radius 1 is 1.43 bits per heavy atom. The lowest BCUT2D eigenvalue weighted by Crippen LogP contribution is -2.30. The lowest BCUT2D eigenvalue weighted by Gasteiger charge is -2.11. The van der Waals surface area contributed by atoms with Crippen LogP contribution in [0.25, 0.3) is 0 Å². The number of hydrogen-bond acceptors (Lipinski definition) is 5. The predicted octanol–water partition coefficient (Wildman–Crippen LogP) is 1.75. The molecule has 7 heteroatoms. The average molecular weight is 329 g/mol. The Hall–Kier alpha value is -0.630. The molecule has 2 N–H and O–H groups in total. The molecule has 118 valence electrons. The molecule has 1 unspecified atom stereocenters. The number of nitrogens with one attached hydrogen (secondary N) is 2. The molecule has 0 aliphatic carbocycles. The first kappa shape index (κ1) is 16.7. The van der Waals surface area contributed by atoms with Crippen molar-refractivity contribution in [3.63, 3.8) is 0 Å². The summed E-state index contributed by atoms with van der Waals surface area (Å²) in [6.07, 6.45) is 3.88. The molecule has 0 spiro atoms. The van der Waals surface area contributed by atoms with E-state index in [-0.39, 0.29) is 5.03 Å². The van der Waals surface area contributed by atoms with Gasteiger partial charge in [0.1, 0.15) is 0 Å². The maximum atomic E-state index is 12.2. The van der Waals surface area contributed by atoms with Crippen molar-refractivity contribution >= 4 is 21.8 Å². The van der Waals surface area contributed by atoms with Gasteiger partial charge in [-0.15, -0.1) is 0 Å². The van der Waals surface area contributed by atoms with Crippen LogP contribution in [0.4, 0.5) is 0 Å². The first-order valence-electron chi connectivity index (χ1n) is 7.27. The van der Waals surface area contributed by atoms with Crippen molar-refractivity contribution < 1.29 is 8.42 Å². The second-order valence-electron chi connectivity index (χ2n) is 5.53. The van der Waals surface area contributed by atoms with Gasteiger partial charge in [-0.2, -0.15) is 11.8 Å². The van der Waals surface area contributed by atoms with Crippen LogP contribution in [0, 0.1) is 0 Å². The van der Waals surface area contributed by atoms with Crippen LogP contribution in [0.5, 0.6) is 0 Å². The summed E-state index contributed by atoms with van der Waals surface area (Å²) in [4.78, 5) is 4.08. The van der Waals surface area contributed by atoms with Gasteiger partial charge in [0.15, 0.2) is 5.03 Å². The van der Waals surface area contributed by atoms with Crippen molar-refractivity contribution in [1.29, 1.82) is 0 Å². The Bertz CT molecular complexity index is 538. The summed E-state index contributed by atoms with van der Waals surface area (Å²) in [5.74, 6) is 1.13. The lowest BCUT2D eigenvalue weighted by atomic mass is 10.2. The number of aromatic nitrogens is 1. The first-order chi connectivity index (χ1) is 9.97. The van der Waals surface area contributed by atoms with E-state index in [2.05, 4.69) is 28.9 Å². The number of pyridine rings is 1. The Morgan fingerprint density at radius 2 is 2.24 bits per heavy atom. The van der Waals surface area contributed by atoms with E-state index in [1.807, 2.05) is 11.8 Å². The summed E-state index contributed by atoms with van der Waals surface area (Å²) >= 11 is 1.83. The zero-order valence-electron chi connectivity index (χ0n) is 12.5. The van der Waals surface area contributed by atoms with Crippen LogP contribution in [-0.2, 0) is 16.6 Å². The van der Waals surface area contributed by atoms with Crippen molar-refractivity contribution in [3.8, 4) is 0 Å². The molecule has 1 saturated heterocycles. The minimum absolute atomic E-state index is 0.0961. The molecular formula is C14H23N3O2S2. The highest BCUT2D eigenvalue weighted by Gasteiger charge is 2.20. The SMILES string of the molecule is CC(C)NCc1ccc(S(=O)(=O)NCC2CCCS2)nc1. The minimum atomic E-state index is -3.49. The molecule has 0 bridgehead atoms. The fourth-order valence-corrected chi connectivity index (χ4v) is 4.39. The molecule has 21 heavy (non-hydrogen) atoms. The van der Waals surface area contributed by atoms with Gasteiger partial charge in [0.05, 0.1) is 0 Å². The Balaban J connectivity index is 1.92. The first-order valence-corrected chi connectivity index (χ1v) is 9.80. The van der Waals surface area contributed by atoms with Crippen molar-refractivity contribution in [3.05, 3.63) is 23.9 Å². The van der Waals surface area contributed by atoms with E-state index >= 15 is 0 Å². The molecular weight excluding hydrogens is 306 g/mol. The monoisotopic (exact) mass is 329 g/mol. The molecule has 0 saturated carbocycles. The van der Waals surface area contributed by atoms with Crippen LogP contribution in [0.2, 0.25) is 0 Å². The normalized spacial score (nSPS) is 19.3. The molecule has 0 amide bonds. The van der Waals surface area contributed by atoms with Crippen LogP contribution in [0.15, 0.2) is 23.4 Å². The van der Waals surface area contributed by atoms with Gasteiger partial charge in [-0.05, 0) is 30.2 Å². The quantitative estimate of drug-likeness (QED) is 0.797. The summed E-state index contributed by atoms with van der Waals surface area (Å²) in [5.41, 5.74) is 0.981. The largest absolute Gasteiger partial charge is 0.310 e. The second-order valence-corrected chi connectivity index (χ2v) is 8.65. The van der Waals surface area contributed by atoms with E-state index in [0.29, 0.717) is 24.4 Å². The molecule has 1 aromatic rings. The number of nitrogens with zero attached hydrogens (tertiary/aromatic N) is 1. The molecule has 2 rings (SSSR count). The summed E-state index contributed by atoms with van der Waals surface area (Å²) in [7, 11) is -3.49. The van der Waals surface area contributed by atoms with Crippen LogP contribution >= 0.6 is 11.8 Å². The molecule has 1 aromatic heterocycles. The number of hydrogen-bond donors (Lipinski definition) is 2. The highest BCUT2D eigenvalue weighted by molar-refractivity contribution is 8.00. The van der Waals surface area contributed by atoms with Crippen molar-refractivity contribution in [2.24, 2.45) is 0 Å². The fourth-order valence-electron chi connectivity index (χ4n) is 2.08. The van der Waals surface area contributed by atoms with Crippen molar-refractivity contribution in [2.45, 2.75) is 49.6 Å². The topological polar surface area (TPSA) is 71.1 Å².